The molecule has 4 fully saturated rings. The molecule has 1 aliphatic heterocycles. The van der Waals surface area contributed by atoms with Crippen LogP contribution >= 0.6 is 0 Å². The average Bonchev–Trinajstić information content (AvgIpc) is 3.11. The number of hydrogen-bond donors (Lipinski definition) is 2. The van der Waals surface area contributed by atoms with Gasteiger partial charge in [0.1, 0.15) is 12.8 Å². The fourth-order valence-corrected chi connectivity index (χ4v) is 7.92. The number of rotatable bonds is 2. The van der Waals surface area contributed by atoms with Crippen LogP contribution in [0.15, 0.2) is 23.8 Å². The first-order valence-corrected chi connectivity index (χ1v) is 11.3. The lowest BCUT2D eigenvalue weighted by Crippen LogP contribution is -2.71. The zero-order valence-corrected chi connectivity index (χ0v) is 18.7. The lowest BCUT2D eigenvalue weighted by Gasteiger charge is -2.63. The minimum Gasteiger partial charge on any atom is -0.390 e. The van der Waals surface area contributed by atoms with Crippen LogP contribution in [0.1, 0.15) is 47.0 Å². The summed E-state index contributed by atoms with van der Waals surface area (Å²) >= 11 is 0. The Kier molecular flexibility index (Phi) is 4.42. The number of alkyl halides is 2. The van der Waals surface area contributed by atoms with E-state index >= 15 is 8.78 Å². The highest BCUT2D eigenvalue weighted by Gasteiger charge is 2.80. The smallest absolute Gasteiger partial charge is 0.193 e. The molecule has 0 aromatic heterocycles. The third-order valence-corrected chi connectivity index (χ3v) is 9.18. The van der Waals surface area contributed by atoms with Crippen LogP contribution in [0.5, 0.6) is 0 Å². The molecule has 32 heavy (non-hydrogen) atoms. The number of aliphatic hydroxyl groups excluding tert-OH is 2. The van der Waals surface area contributed by atoms with Crippen LogP contribution in [-0.4, -0.2) is 63.8 Å². The molecule has 8 heteroatoms. The summed E-state index contributed by atoms with van der Waals surface area (Å²) in [6.45, 7) is 5.87. The Morgan fingerprint density at radius 3 is 2.56 bits per heavy atom. The molecule has 0 bridgehead atoms. The van der Waals surface area contributed by atoms with E-state index in [-0.39, 0.29) is 24.8 Å². The number of hydrogen-bond acceptors (Lipinski definition) is 6. The summed E-state index contributed by atoms with van der Waals surface area (Å²) in [5, 5.41) is 21.1. The molecule has 176 valence electrons. The van der Waals surface area contributed by atoms with E-state index in [4.69, 9.17) is 9.47 Å². The SMILES string of the molecule is CC1(C)OC2CC3C4CC(F)C5=CC(=O)C=C[C@]5(C)[C@@]4(F)[C@@H](O)C[C@]3(C)[C@]2(C(=O)CO)O1. The maximum absolute atomic E-state index is 17.1. The van der Waals surface area contributed by atoms with Crippen molar-refractivity contribution in [3.63, 3.8) is 0 Å². The number of carbonyl (C=O) groups excluding carboxylic acids is 2. The minimum atomic E-state index is -2.24. The number of fused-ring (bicyclic) bond motifs is 7. The van der Waals surface area contributed by atoms with Gasteiger partial charge in [-0.1, -0.05) is 13.0 Å². The summed E-state index contributed by atoms with van der Waals surface area (Å²) in [5.41, 5.74) is -6.30. The van der Waals surface area contributed by atoms with Crippen molar-refractivity contribution in [2.75, 3.05) is 6.61 Å². The Morgan fingerprint density at radius 1 is 1.22 bits per heavy atom. The molecule has 2 N–H and O–H groups in total. The van der Waals surface area contributed by atoms with Gasteiger partial charge in [-0.25, -0.2) is 8.78 Å². The predicted octanol–water partition coefficient (Wildman–Crippen LogP) is 2.37. The van der Waals surface area contributed by atoms with E-state index in [1.807, 2.05) is 0 Å². The summed E-state index contributed by atoms with van der Waals surface area (Å²) in [7, 11) is 0. The Bertz CT molecular complexity index is 960. The van der Waals surface area contributed by atoms with Gasteiger partial charge >= 0.3 is 0 Å². The number of ketones is 2. The second kappa shape index (κ2) is 6.34. The van der Waals surface area contributed by atoms with Gasteiger partial charge in [-0.15, -0.1) is 0 Å². The van der Waals surface area contributed by atoms with Crippen molar-refractivity contribution in [3.05, 3.63) is 23.8 Å². The van der Waals surface area contributed by atoms with E-state index in [1.54, 1.807) is 20.8 Å². The van der Waals surface area contributed by atoms with Crippen LogP contribution in [0.3, 0.4) is 0 Å². The Labute approximate surface area is 185 Å². The normalized spacial score (nSPS) is 53.2. The van der Waals surface area contributed by atoms with Gasteiger partial charge in [0.2, 0.25) is 0 Å². The molecule has 5 aliphatic rings. The van der Waals surface area contributed by atoms with E-state index in [2.05, 4.69) is 0 Å². The van der Waals surface area contributed by atoms with Crippen LogP contribution in [-0.2, 0) is 19.1 Å². The molecule has 0 aromatic rings. The molecule has 5 rings (SSSR count). The standard InChI is InChI=1S/C24H30F2O6/c1-20(2)31-19-9-13-14-8-16(25)15-7-12(28)5-6-21(15,3)23(14,26)17(29)10-22(13,4)24(19,32-20)18(30)11-27/h5-7,13-14,16-17,19,27,29H,8-11H2,1-4H3/t13?,14?,16?,17-,19?,21-,22-,23-,24+/m0/s1. The first-order chi connectivity index (χ1) is 14.8. The van der Waals surface area contributed by atoms with Gasteiger partial charge in [0.25, 0.3) is 0 Å². The molecule has 1 saturated heterocycles. The van der Waals surface area contributed by atoms with Crippen LogP contribution < -0.4 is 0 Å². The molecule has 9 atom stereocenters. The lowest BCUT2D eigenvalue weighted by atomic mass is 9.44. The highest BCUT2D eigenvalue weighted by atomic mass is 19.1. The number of allylic oxidation sites excluding steroid dienone is 4. The molecule has 4 aliphatic carbocycles. The van der Waals surface area contributed by atoms with Crippen LogP contribution in [0.4, 0.5) is 8.78 Å². The van der Waals surface area contributed by atoms with Gasteiger partial charge in [0.15, 0.2) is 28.6 Å². The summed E-state index contributed by atoms with van der Waals surface area (Å²) in [5.74, 6) is -3.53. The Hall–Kier alpha value is -1.48. The Morgan fingerprint density at radius 2 is 1.91 bits per heavy atom. The van der Waals surface area contributed by atoms with Crippen LogP contribution in [0, 0.1) is 22.7 Å². The van der Waals surface area contributed by atoms with Gasteiger partial charge in [-0.3, -0.25) is 9.59 Å². The maximum atomic E-state index is 17.1. The van der Waals surface area contributed by atoms with Gasteiger partial charge < -0.3 is 19.7 Å². The zero-order chi connectivity index (χ0) is 23.5. The minimum absolute atomic E-state index is 0.0550. The zero-order valence-electron chi connectivity index (χ0n) is 18.7. The van der Waals surface area contributed by atoms with Crippen LogP contribution in [0.2, 0.25) is 0 Å². The predicted molar refractivity (Wildman–Crippen MR) is 109 cm³/mol. The van der Waals surface area contributed by atoms with Crippen molar-refractivity contribution in [3.8, 4) is 0 Å². The van der Waals surface area contributed by atoms with Crippen molar-refractivity contribution in [2.45, 2.75) is 82.4 Å². The molecule has 3 saturated carbocycles. The number of Topliss-reactive ketones (excluding diaryl/α,β-unsaturated/α-hetero) is 1. The molecular weight excluding hydrogens is 422 g/mol. The third-order valence-electron chi connectivity index (χ3n) is 9.18. The van der Waals surface area contributed by atoms with E-state index in [1.165, 1.54) is 19.1 Å². The van der Waals surface area contributed by atoms with Crippen molar-refractivity contribution in [1.82, 2.24) is 0 Å². The number of ether oxygens (including phenoxy) is 2. The second-order valence-electron chi connectivity index (χ2n) is 11.0. The molecule has 0 spiro atoms. The first-order valence-electron chi connectivity index (χ1n) is 11.3. The quantitative estimate of drug-likeness (QED) is 0.668. The van der Waals surface area contributed by atoms with Crippen LogP contribution in [0.25, 0.3) is 0 Å². The topological polar surface area (TPSA) is 93.1 Å². The van der Waals surface area contributed by atoms with E-state index in [9.17, 15) is 19.8 Å². The second-order valence-corrected chi connectivity index (χ2v) is 11.0. The van der Waals surface area contributed by atoms with Gasteiger partial charge in [-0.2, -0.15) is 0 Å². The summed E-state index contributed by atoms with van der Waals surface area (Å²) in [6.07, 6.45) is -0.151. The first kappa shape index (κ1) is 22.3. The highest BCUT2D eigenvalue weighted by molar-refractivity contribution is 6.01. The lowest BCUT2D eigenvalue weighted by molar-refractivity contribution is -0.248. The molecule has 4 unspecified atom stereocenters. The maximum Gasteiger partial charge on any atom is 0.193 e. The highest BCUT2D eigenvalue weighted by Crippen LogP contribution is 2.72. The van der Waals surface area contributed by atoms with Crippen molar-refractivity contribution in [1.29, 1.82) is 0 Å². The number of aliphatic hydroxyl groups is 2. The summed E-state index contributed by atoms with van der Waals surface area (Å²) in [4.78, 5) is 25.1. The van der Waals surface area contributed by atoms with Crippen molar-refractivity contribution >= 4 is 11.6 Å². The van der Waals surface area contributed by atoms with E-state index < -0.39 is 76.3 Å². The van der Waals surface area contributed by atoms with Gasteiger partial charge in [0.05, 0.1) is 12.2 Å². The summed E-state index contributed by atoms with van der Waals surface area (Å²) in [6, 6.07) is 0. The molecule has 6 nitrogen and oxygen atoms in total. The molecule has 0 amide bonds. The third kappa shape index (κ3) is 2.32. The fraction of sp³-hybridized carbons (Fsp3) is 0.750. The average molecular weight is 452 g/mol. The number of carbonyl (C=O) groups is 2. The van der Waals surface area contributed by atoms with E-state index in [0.29, 0.717) is 0 Å². The van der Waals surface area contributed by atoms with Gasteiger partial charge in [-0.05, 0) is 63.7 Å². The number of halogens is 2. The molecular formula is C24H30F2O6. The summed E-state index contributed by atoms with van der Waals surface area (Å²) < 4.78 is 44.8. The monoisotopic (exact) mass is 452 g/mol. The molecule has 0 radical (unpaired) electrons. The van der Waals surface area contributed by atoms with Crippen molar-refractivity contribution < 1.29 is 38.1 Å². The largest absolute Gasteiger partial charge is 0.390 e. The van der Waals surface area contributed by atoms with Crippen molar-refractivity contribution in [2.24, 2.45) is 22.7 Å². The molecule has 1 heterocycles. The van der Waals surface area contributed by atoms with Gasteiger partial charge in [0, 0.05) is 16.7 Å². The Balaban J connectivity index is 1.66. The fourth-order valence-electron chi connectivity index (χ4n) is 7.92. The molecule has 0 aromatic carbocycles. The van der Waals surface area contributed by atoms with E-state index in [0.717, 1.165) is 6.08 Å².